The molecule has 0 aliphatic heterocycles. The van der Waals surface area contributed by atoms with Crippen LogP contribution in [0.5, 0.6) is 0 Å². The Labute approximate surface area is 111 Å². The summed E-state index contributed by atoms with van der Waals surface area (Å²) in [6.07, 6.45) is 3.35. The van der Waals surface area contributed by atoms with Crippen LogP contribution in [0.15, 0.2) is 65.3 Å². The molecule has 0 N–H and O–H groups in total. The Balaban J connectivity index is 2.10. The second-order valence-electron chi connectivity index (χ2n) is 4.25. The van der Waals surface area contributed by atoms with E-state index in [9.17, 15) is 5.26 Å². The molecular formula is C17H11NO. The Kier molecular flexibility index (Phi) is 2.88. The average Bonchev–Trinajstić information content (AvgIpc) is 2.97. The molecule has 0 fully saturated rings. The molecular weight excluding hydrogens is 234 g/mol. The number of benzene rings is 2. The molecule has 0 saturated carbocycles. The minimum Gasteiger partial charge on any atom is -0.465 e. The zero-order valence-corrected chi connectivity index (χ0v) is 10.2. The summed E-state index contributed by atoms with van der Waals surface area (Å²) in [6, 6.07) is 20.0. The fourth-order valence-corrected chi connectivity index (χ4v) is 2.05. The molecule has 0 atom stereocenters. The van der Waals surface area contributed by atoms with Crippen molar-refractivity contribution in [2.24, 2.45) is 0 Å². The highest BCUT2D eigenvalue weighted by Crippen LogP contribution is 2.22. The largest absolute Gasteiger partial charge is 0.465 e. The van der Waals surface area contributed by atoms with E-state index in [1.54, 1.807) is 18.4 Å². The molecule has 0 aliphatic carbocycles. The van der Waals surface area contributed by atoms with Crippen molar-refractivity contribution in [2.45, 2.75) is 0 Å². The molecule has 0 unspecified atom stereocenters. The third kappa shape index (κ3) is 2.27. The zero-order chi connectivity index (χ0) is 13.1. The number of nitriles is 1. The van der Waals surface area contributed by atoms with Gasteiger partial charge in [0, 0.05) is 0 Å². The van der Waals surface area contributed by atoms with Crippen LogP contribution in [0, 0.1) is 11.3 Å². The van der Waals surface area contributed by atoms with E-state index in [0.29, 0.717) is 11.3 Å². The van der Waals surface area contributed by atoms with Gasteiger partial charge in [-0.15, -0.1) is 0 Å². The molecule has 1 aromatic heterocycles. The molecule has 0 bridgehead atoms. The van der Waals surface area contributed by atoms with Gasteiger partial charge in [-0.1, -0.05) is 36.4 Å². The van der Waals surface area contributed by atoms with Crippen LogP contribution in [0.2, 0.25) is 0 Å². The predicted octanol–water partition coefficient (Wildman–Crippen LogP) is 4.50. The van der Waals surface area contributed by atoms with Gasteiger partial charge < -0.3 is 4.42 Å². The number of furan rings is 1. The molecule has 3 rings (SSSR count). The third-order valence-electron chi connectivity index (χ3n) is 3.01. The summed E-state index contributed by atoms with van der Waals surface area (Å²) >= 11 is 0. The van der Waals surface area contributed by atoms with Crippen LogP contribution in [-0.4, -0.2) is 0 Å². The molecule has 2 heteroatoms. The molecule has 0 radical (unpaired) electrons. The van der Waals surface area contributed by atoms with Gasteiger partial charge in [-0.25, -0.2) is 0 Å². The van der Waals surface area contributed by atoms with Crippen LogP contribution in [0.25, 0.3) is 22.4 Å². The van der Waals surface area contributed by atoms with Gasteiger partial charge in [-0.2, -0.15) is 5.26 Å². The SMILES string of the molecule is N#C/C(=C/c1ccco1)c1ccc2ccccc2c1. The van der Waals surface area contributed by atoms with Gasteiger partial charge in [0.15, 0.2) is 0 Å². The van der Waals surface area contributed by atoms with Gasteiger partial charge >= 0.3 is 0 Å². The number of hydrogen-bond acceptors (Lipinski definition) is 2. The standard InChI is InChI=1S/C17H11NO/c18-12-16(11-17-6-3-9-19-17)15-8-7-13-4-1-2-5-14(13)10-15/h1-11H/b16-11-. The van der Waals surface area contributed by atoms with Gasteiger partial charge in [0.2, 0.25) is 0 Å². The molecule has 90 valence electrons. The first-order valence-electron chi connectivity index (χ1n) is 6.01. The van der Waals surface area contributed by atoms with E-state index < -0.39 is 0 Å². The Morgan fingerprint density at radius 3 is 2.58 bits per heavy atom. The quantitative estimate of drug-likeness (QED) is 0.623. The normalized spacial score (nSPS) is 11.4. The van der Waals surface area contributed by atoms with E-state index in [4.69, 9.17) is 4.42 Å². The Bertz CT molecular complexity index is 776. The minimum atomic E-state index is 0.598. The fraction of sp³-hybridized carbons (Fsp3) is 0. The van der Waals surface area contributed by atoms with E-state index in [1.165, 1.54) is 5.39 Å². The van der Waals surface area contributed by atoms with Crippen molar-refractivity contribution in [1.82, 2.24) is 0 Å². The van der Waals surface area contributed by atoms with Crippen molar-refractivity contribution in [3.63, 3.8) is 0 Å². The number of fused-ring (bicyclic) bond motifs is 1. The monoisotopic (exact) mass is 245 g/mol. The molecule has 3 aromatic rings. The highest BCUT2D eigenvalue weighted by Gasteiger charge is 2.03. The molecule has 19 heavy (non-hydrogen) atoms. The van der Waals surface area contributed by atoms with Crippen molar-refractivity contribution < 1.29 is 4.42 Å². The van der Waals surface area contributed by atoms with E-state index in [-0.39, 0.29) is 0 Å². The first-order chi connectivity index (χ1) is 9.36. The first kappa shape index (κ1) is 11.3. The van der Waals surface area contributed by atoms with Gasteiger partial charge in [0.05, 0.1) is 17.9 Å². The third-order valence-corrected chi connectivity index (χ3v) is 3.01. The summed E-state index contributed by atoms with van der Waals surface area (Å²) in [7, 11) is 0. The first-order valence-corrected chi connectivity index (χ1v) is 6.01. The second-order valence-corrected chi connectivity index (χ2v) is 4.25. The Morgan fingerprint density at radius 1 is 1.00 bits per heavy atom. The average molecular weight is 245 g/mol. The van der Waals surface area contributed by atoms with E-state index in [2.05, 4.69) is 12.1 Å². The number of hydrogen-bond donors (Lipinski definition) is 0. The van der Waals surface area contributed by atoms with Crippen molar-refractivity contribution in [3.05, 3.63) is 72.2 Å². The van der Waals surface area contributed by atoms with E-state index in [0.717, 1.165) is 10.9 Å². The van der Waals surface area contributed by atoms with Crippen molar-refractivity contribution in [2.75, 3.05) is 0 Å². The smallest absolute Gasteiger partial charge is 0.127 e. The van der Waals surface area contributed by atoms with Gasteiger partial charge in [0.1, 0.15) is 5.76 Å². The molecule has 0 spiro atoms. The molecule has 0 amide bonds. The lowest BCUT2D eigenvalue weighted by molar-refractivity contribution is 0.557. The summed E-state index contributed by atoms with van der Waals surface area (Å²) in [5.74, 6) is 0.685. The summed E-state index contributed by atoms with van der Waals surface area (Å²) in [5, 5.41) is 11.6. The summed E-state index contributed by atoms with van der Waals surface area (Å²) in [5.41, 5.74) is 1.50. The van der Waals surface area contributed by atoms with Crippen molar-refractivity contribution >= 4 is 22.4 Å². The number of rotatable bonds is 2. The van der Waals surface area contributed by atoms with Gasteiger partial charge in [-0.3, -0.25) is 0 Å². The molecule has 0 aliphatic rings. The highest BCUT2D eigenvalue weighted by molar-refractivity contribution is 5.93. The maximum absolute atomic E-state index is 9.29. The molecule has 1 heterocycles. The lowest BCUT2D eigenvalue weighted by atomic mass is 10.0. The maximum Gasteiger partial charge on any atom is 0.127 e. The summed E-state index contributed by atoms with van der Waals surface area (Å²) < 4.78 is 5.25. The van der Waals surface area contributed by atoms with E-state index in [1.807, 2.05) is 42.5 Å². The van der Waals surface area contributed by atoms with Crippen LogP contribution >= 0.6 is 0 Å². The van der Waals surface area contributed by atoms with Crippen molar-refractivity contribution in [1.29, 1.82) is 5.26 Å². The van der Waals surface area contributed by atoms with Crippen LogP contribution in [0.4, 0.5) is 0 Å². The Hall–Kier alpha value is -2.79. The highest BCUT2D eigenvalue weighted by atomic mass is 16.3. The lowest BCUT2D eigenvalue weighted by Gasteiger charge is -2.02. The van der Waals surface area contributed by atoms with Crippen LogP contribution < -0.4 is 0 Å². The Morgan fingerprint density at radius 2 is 1.84 bits per heavy atom. The molecule has 0 saturated heterocycles. The maximum atomic E-state index is 9.29. The second kappa shape index (κ2) is 4.83. The summed E-state index contributed by atoms with van der Waals surface area (Å²) in [4.78, 5) is 0. The molecule has 2 nitrogen and oxygen atoms in total. The zero-order valence-electron chi connectivity index (χ0n) is 10.2. The fourth-order valence-electron chi connectivity index (χ4n) is 2.05. The van der Waals surface area contributed by atoms with Gasteiger partial charge in [0.25, 0.3) is 0 Å². The van der Waals surface area contributed by atoms with Gasteiger partial charge in [-0.05, 0) is 40.6 Å². The predicted molar refractivity (Wildman–Crippen MR) is 76.1 cm³/mol. The number of nitrogens with zero attached hydrogens (tertiary/aromatic N) is 1. The van der Waals surface area contributed by atoms with Crippen molar-refractivity contribution in [3.8, 4) is 6.07 Å². The number of allylic oxidation sites excluding steroid dienone is 1. The topological polar surface area (TPSA) is 36.9 Å². The van der Waals surface area contributed by atoms with Crippen LogP contribution in [0.3, 0.4) is 0 Å². The lowest BCUT2D eigenvalue weighted by Crippen LogP contribution is -1.82. The molecule has 2 aromatic carbocycles. The van der Waals surface area contributed by atoms with Crippen LogP contribution in [-0.2, 0) is 0 Å². The van der Waals surface area contributed by atoms with Crippen LogP contribution in [0.1, 0.15) is 11.3 Å². The minimum absolute atomic E-state index is 0.598. The summed E-state index contributed by atoms with van der Waals surface area (Å²) in [6.45, 7) is 0. The van der Waals surface area contributed by atoms with E-state index >= 15 is 0 Å².